The first kappa shape index (κ1) is 17.4. The second-order valence-corrected chi connectivity index (χ2v) is 8.14. The highest BCUT2D eigenvalue weighted by molar-refractivity contribution is 7.99. The van der Waals surface area contributed by atoms with Crippen LogP contribution in [-0.2, 0) is 9.59 Å². The maximum Gasteiger partial charge on any atom is 0.233 e. The van der Waals surface area contributed by atoms with Crippen molar-refractivity contribution in [3.8, 4) is 0 Å². The van der Waals surface area contributed by atoms with E-state index in [-0.39, 0.29) is 17.9 Å². The van der Waals surface area contributed by atoms with Gasteiger partial charge >= 0.3 is 0 Å². The van der Waals surface area contributed by atoms with Gasteiger partial charge in [-0.05, 0) is 43.9 Å². The second-order valence-electron chi connectivity index (χ2n) is 7.18. The van der Waals surface area contributed by atoms with Gasteiger partial charge in [0.15, 0.2) is 5.16 Å². The molecule has 138 valence electrons. The Hall–Kier alpha value is -2.02. The zero-order valence-electron chi connectivity index (χ0n) is 15.0. The number of benzene rings is 1. The molecule has 1 aromatic heterocycles. The molecule has 2 amide bonds. The molecule has 1 N–H and O–H groups in total. The van der Waals surface area contributed by atoms with Gasteiger partial charge in [0.2, 0.25) is 11.8 Å². The van der Waals surface area contributed by atoms with Crippen molar-refractivity contribution in [2.24, 2.45) is 0 Å². The number of piperidine rings is 1. The van der Waals surface area contributed by atoms with Gasteiger partial charge in [-0.15, -0.1) is 0 Å². The molecular weight excluding hydrogens is 348 g/mol. The fraction of sp³-hybridized carbons (Fsp3) is 0.526. The predicted octanol–water partition coefficient (Wildman–Crippen LogP) is 2.58. The Bertz CT molecular complexity index is 834. The van der Waals surface area contributed by atoms with Crippen LogP contribution in [0.25, 0.3) is 11.0 Å². The molecule has 7 heteroatoms. The Labute approximate surface area is 157 Å². The summed E-state index contributed by atoms with van der Waals surface area (Å²) in [6.07, 6.45) is 3.58. The van der Waals surface area contributed by atoms with Crippen LogP contribution >= 0.6 is 11.8 Å². The number of rotatable bonds is 4. The highest BCUT2D eigenvalue weighted by Crippen LogP contribution is 2.24. The van der Waals surface area contributed by atoms with Crippen LogP contribution in [0.15, 0.2) is 23.4 Å². The van der Waals surface area contributed by atoms with E-state index in [0.29, 0.717) is 18.7 Å². The molecule has 6 nitrogen and oxygen atoms in total. The molecule has 0 radical (unpaired) electrons. The Morgan fingerprint density at radius 2 is 2.23 bits per heavy atom. The van der Waals surface area contributed by atoms with E-state index in [2.05, 4.69) is 23.0 Å². The summed E-state index contributed by atoms with van der Waals surface area (Å²) in [5, 5.41) is 0.780. The van der Waals surface area contributed by atoms with E-state index < -0.39 is 0 Å². The standard InChI is InChI=1S/C19H24N4O2S/c1-13-6-7-15-16(10-13)21-19(20-15)26-12-18(25)22-8-2-4-14(11-22)23-9-3-5-17(23)24/h6-7,10,14H,2-5,8-9,11-12H2,1H3,(H,20,21)/t14-/m0/s1. The molecule has 0 unspecified atom stereocenters. The summed E-state index contributed by atoms with van der Waals surface area (Å²) in [6, 6.07) is 6.30. The Morgan fingerprint density at radius 3 is 3.04 bits per heavy atom. The molecule has 26 heavy (non-hydrogen) atoms. The van der Waals surface area contributed by atoms with Gasteiger partial charge in [-0.2, -0.15) is 0 Å². The number of aryl methyl sites for hydroxylation is 1. The second kappa shape index (κ2) is 7.31. The maximum absolute atomic E-state index is 12.6. The molecule has 1 atom stereocenters. The third kappa shape index (κ3) is 3.58. The fourth-order valence-electron chi connectivity index (χ4n) is 3.88. The number of carbonyl (C=O) groups is 2. The minimum Gasteiger partial charge on any atom is -0.340 e. The normalized spacial score (nSPS) is 21.0. The first-order chi connectivity index (χ1) is 12.6. The van der Waals surface area contributed by atoms with Gasteiger partial charge in [0.25, 0.3) is 0 Å². The summed E-state index contributed by atoms with van der Waals surface area (Å²) in [6.45, 7) is 4.36. The highest BCUT2D eigenvalue weighted by Gasteiger charge is 2.32. The van der Waals surface area contributed by atoms with E-state index in [0.717, 1.165) is 48.5 Å². The average molecular weight is 372 g/mol. The number of fused-ring (bicyclic) bond motifs is 1. The van der Waals surface area contributed by atoms with Crippen molar-refractivity contribution in [3.05, 3.63) is 23.8 Å². The molecule has 4 rings (SSSR count). The summed E-state index contributed by atoms with van der Waals surface area (Å²) in [4.78, 5) is 36.3. The lowest BCUT2D eigenvalue weighted by Crippen LogP contribution is -2.50. The average Bonchev–Trinajstić information content (AvgIpc) is 3.25. The van der Waals surface area contributed by atoms with Gasteiger partial charge in [0.05, 0.1) is 16.8 Å². The van der Waals surface area contributed by atoms with Crippen LogP contribution in [0.2, 0.25) is 0 Å². The smallest absolute Gasteiger partial charge is 0.233 e. The number of likely N-dealkylation sites (tertiary alicyclic amines) is 2. The van der Waals surface area contributed by atoms with Crippen molar-refractivity contribution in [3.63, 3.8) is 0 Å². The van der Waals surface area contributed by atoms with Gasteiger partial charge in [0.1, 0.15) is 0 Å². The number of H-pyrrole nitrogens is 1. The summed E-state index contributed by atoms with van der Waals surface area (Å²) < 4.78 is 0. The fourth-order valence-corrected chi connectivity index (χ4v) is 4.67. The van der Waals surface area contributed by atoms with Gasteiger partial charge in [0, 0.05) is 32.1 Å². The van der Waals surface area contributed by atoms with Crippen molar-refractivity contribution in [2.75, 3.05) is 25.4 Å². The predicted molar refractivity (Wildman–Crippen MR) is 102 cm³/mol. The van der Waals surface area contributed by atoms with Gasteiger partial charge < -0.3 is 14.8 Å². The minimum atomic E-state index is 0.128. The van der Waals surface area contributed by atoms with Crippen molar-refractivity contribution < 1.29 is 9.59 Å². The Balaban J connectivity index is 1.35. The molecule has 2 saturated heterocycles. The Kier molecular flexibility index (Phi) is 4.89. The summed E-state index contributed by atoms with van der Waals surface area (Å²) in [5.41, 5.74) is 3.12. The van der Waals surface area contributed by atoms with E-state index in [1.54, 1.807) is 0 Å². The number of carbonyl (C=O) groups excluding carboxylic acids is 2. The molecular formula is C19H24N4O2S. The molecule has 0 bridgehead atoms. The number of hydrogen-bond acceptors (Lipinski definition) is 4. The van der Waals surface area contributed by atoms with Crippen LogP contribution in [0.1, 0.15) is 31.2 Å². The van der Waals surface area contributed by atoms with Crippen molar-refractivity contribution in [1.82, 2.24) is 19.8 Å². The summed E-state index contributed by atoms with van der Waals surface area (Å²) >= 11 is 1.45. The number of aromatic amines is 1. The lowest BCUT2D eigenvalue weighted by molar-refractivity contribution is -0.135. The van der Waals surface area contributed by atoms with Crippen LogP contribution in [0.5, 0.6) is 0 Å². The third-order valence-electron chi connectivity index (χ3n) is 5.25. The van der Waals surface area contributed by atoms with E-state index in [1.165, 1.54) is 17.3 Å². The van der Waals surface area contributed by atoms with Crippen molar-refractivity contribution in [2.45, 2.75) is 43.8 Å². The van der Waals surface area contributed by atoms with Crippen LogP contribution in [0.4, 0.5) is 0 Å². The lowest BCUT2D eigenvalue weighted by Gasteiger charge is -2.37. The number of hydrogen-bond donors (Lipinski definition) is 1. The van der Waals surface area contributed by atoms with Crippen LogP contribution in [-0.4, -0.2) is 63.0 Å². The molecule has 0 saturated carbocycles. The number of thioether (sulfide) groups is 1. The van der Waals surface area contributed by atoms with Crippen LogP contribution < -0.4 is 0 Å². The SMILES string of the molecule is Cc1ccc2nc(SCC(=O)N3CCC[C@H](N4CCCC4=O)C3)[nH]c2c1. The monoisotopic (exact) mass is 372 g/mol. The van der Waals surface area contributed by atoms with E-state index in [9.17, 15) is 9.59 Å². The quantitative estimate of drug-likeness (QED) is 0.838. The molecule has 0 aliphatic carbocycles. The zero-order chi connectivity index (χ0) is 18.1. The molecule has 2 fully saturated rings. The number of aromatic nitrogens is 2. The first-order valence-corrected chi connectivity index (χ1v) is 10.2. The number of nitrogens with zero attached hydrogens (tertiary/aromatic N) is 3. The first-order valence-electron chi connectivity index (χ1n) is 9.26. The van der Waals surface area contributed by atoms with Crippen LogP contribution in [0.3, 0.4) is 0 Å². The van der Waals surface area contributed by atoms with Gasteiger partial charge in [-0.25, -0.2) is 4.98 Å². The molecule has 2 aliphatic rings. The van der Waals surface area contributed by atoms with Crippen molar-refractivity contribution in [1.29, 1.82) is 0 Å². The molecule has 2 aliphatic heterocycles. The van der Waals surface area contributed by atoms with E-state index >= 15 is 0 Å². The van der Waals surface area contributed by atoms with Crippen molar-refractivity contribution >= 4 is 34.6 Å². The molecule has 3 heterocycles. The number of nitrogens with one attached hydrogen (secondary N) is 1. The van der Waals surface area contributed by atoms with E-state index in [4.69, 9.17) is 0 Å². The van der Waals surface area contributed by atoms with Gasteiger partial charge in [-0.3, -0.25) is 9.59 Å². The highest BCUT2D eigenvalue weighted by atomic mass is 32.2. The molecule has 2 aromatic rings. The minimum absolute atomic E-state index is 0.128. The summed E-state index contributed by atoms with van der Waals surface area (Å²) in [7, 11) is 0. The Morgan fingerprint density at radius 1 is 1.35 bits per heavy atom. The summed E-state index contributed by atoms with van der Waals surface area (Å²) in [5.74, 6) is 0.749. The molecule has 0 spiro atoms. The van der Waals surface area contributed by atoms with Gasteiger partial charge in [-0.1, -0.05) is 17.8 Å². The molecule has 1 aromatic carbocycles. The third-order valence-corrected chi connectivity index (χ3v) is 6.11. The largest absolute Gasteiger partial charge is 0.340 e. The maximum atomic E-state index is 12.6. The zero-order valence-corrected chi connectivity index (χ0v) is 15.8. The lowest BCUT2D eigenvalue weighted by atomic mass is 10.0. The van der Waals surface area contributed by atoms with E-state index in [1.807, 2.05) is 21.9 Å². The number of imidazole rings is 1. The van der Waals surface area contributed by atoms with Crippen LogP contribution in [0, 0.1) is 6.92 Å². The number of amides is 2. The topological polar surface area (TPSA) is 69.3 Å².